The number of hydrogen-bond donors (Lipinski definition) is 1. The maximum Gasteiger partial charge on any atom is 0.284 e. The molecule has 0 atom stereocenters. The molecule has 11 heavy (non-hydrogen) atoms. The monoisotopic (exact) mass is 172 g/mol. The summed E-state index contributed by atoms with van der Waals surface area (Å²) < 4.78 is 5.19. The first kappa shape index (κ1) is 8.46. The molecule has 0 saturated heterocycles. The van der Waals surface area contributed by atoms with Gasteiger partial charge in [0.1, 0.15) is 0 Å². The largest absolute Gasteiger partial charge is 0.414 e. The molecular formula is C7H12N2OS. The minimum absolute atomic E-state index is 0.0203. The summed E-state index contributed by atoms with van der Waals surface area (Å²) in [7, 11) is 0. The lowest BCUT2D eigenvalue weighted by Crippen LogP contribution is -2.15. The van der Waals surface area contributed by atoms with Crippen LogP contribution < -0.4 is 0 Å². The third-order valence-corrected chi connectivity index (χ3v) is 2.08. The zero-order valence-corrected chi connectivity index (χ0v) is 7.79. The molecule has 0 saturated carbocycles. The fourth-order valence-corrected chi connectivity index (χ4v) is 0.795. The highest BCUT2D eigenvalue weighted by Crippen LogP contribution is 2.24. The molecule has 0 spiro atoms. The first-order valence-corrected chi connectivity index (χ1v) is 4.03. The molecule has 1 rings (SSSR count). The molecule has 62 valence electrons. The standard InChI is InChI=1S/C7H12N2OS/c1-4-7(2,3)5-8-9-6(11)10-5/h4H2,1-3H3,(H,9,11). The van der Waals surface area contributed by atoms with Crippen LogP contribution in [-0.2, 0) is 5.41 Å². The van der Waals surface area contributed by atoms with Crippen molar-refractivity contribution in [3.63, 3.8) is 0 Å². The van der Waals surface area contributed by atoms with Gasteiger partial charge in [-0.25, -0.2) is 5.10 Å². The second-order valence-corrected chi connectivity index (χ2v) is 3.53. The Balaban J connectivity index is 3.01. The van der Waals surface area contributed by atoms with Crippen LogP contribution in [0.3, 0.4) is 0 Å². The smallest absolute Gasteiger partial charge is 0.284 e. The fraction of sp³-hybridized carbons (Fsp3) is 0.714. The van der Waals surface area contributed by atoms with Crippen LogP contribution in [0.15, 0.2) is 4.42 Å². The third kappa shape index (κ3) is 1.68. The molecule has 0 aliphatic rings. The third-order valence-electron chi connectivity index (χ3n) is 1.90. The van der Waals surface area contributed by atoms with Crippen molar-refractivity contribution in [2.45, 2.75) is 32.6 Å². The Morgan fingerprint density at radius 1 is 1.64 bits per heavy atom. The average molecular weight is 172 g/mol. The van der Waals surface area contributed by atoms with E-state index < -0.39 is 0 Å². The van der Waals surface area contributed by atoms with Crippen LogP contribution in [0.2, 0.25) is 0 Å². The summed E-state index contributed by atoms with van der Waals surface area (Å²) in [5.41, 5.74) is -0.0203. The van der Waals surface area contributed by atoms with Crippen LogP contribution >= 0.6 is 12.2 Å². The Morgan fingerprint density at radius 2 is 2.27 bits per heavy atom. The molecule has 1 heterocycles. The van der Waals surface area contributed by atoms with Gasteiger partial charge in [-0.1, -0.05) is 20.8 Å². The number of H-pyrrole nitrogens is 1. The number of nitrogens with zero attached hydrogens (tertiary/aromatic N) is 1. The van der Waals surface area contributed by atoms with Crippen LogP contribution in [-0.4, -0.2) is 10.2 Å². The second-order valence-electron chi connectivity index (χ2n) is 3.16. The van der Waals surface area contributed by atoms with E-state index in [4.69, 9.17) is 16.6 Å². The summed E-state index contributed by atoms with van der Waals surface area (Å²) in [6.07, 6.45) is 0.982. The van der Waals surface area contributed by atoms with Crippen LogP contribution in [0.1, 0.15) is 33.1 Å². The zero-order valence-electron chi connectivity index (χ0n) is 6.97. The van der Waals surface area contributed by atoms with Crippen molar-refractivity contribution in [3.05, 3.63) is 10.7 Å². The molecule has 0 bridgehead atoms. The maximum atomic E-state index is 5.19. The minimum atomic E-state index is -0.0203. The Kier molecular flexibility index (Phi) is 2.13. The molecule has 1 aromatic rings. The summed E-state index contributed by atoms with van der Waals surface area (Å²) in [6.45, 7) is 6.23. The van der Waals surface area contributed by atoms with Gasteiger partial charge in [0.2, 0.25) is 5.89 Å². The topological polar surface area (TPSA) is 41.8 Å². The van der Waals surface area contributed by atoms with Gasteiger partial charge in [-0.15, -0.1) is 5.10 Å². The predicted octanol–water partition coefficient (Wildman–Crippen LogP) is 2.42. The fourth-order valence-electron chi connectivity index (χ4n) is 0.671. The highest BCUT2D eigenvalue weighted by atomic mass is 32.1. The van der Waals surface area contributed by atoms with Crippen molar-refractivity contribution in [1.82, 2.24) is 10.2 Å². The van der Waals surface area contributed by atoms with Gasteiger partial charge in [0.05, 0.1) is 0 Å². The summed E-state index contributed by atoms with van der Waals surface area (Å²) in [6, 6.07) is 0. The van der Waals surface area contributed by atoms with Gasteiger partial charge < -0.3 is 4.42 Å². The summed E-state index contributed by atoms with van der Waals surface area (Å²) >= 11 is 4.76. The first-order valence-electron chi connectivity index (χ1n) is 3.62. The summed E-state index contributed by atoms with van der Waals surface area (Å²) in [4.78, 5) is 0.349. The van der Waals surface area contributed by atoms with E-state index in [2.05, 4.69) is 31.0 Å². The second kappa shape index (κ2) is 2.77. The Labute approximate surface area is 70.8 Å². The number of rotatable bonds is 2. The molecule has 0 aromatic carbocycles. The molecule has 1 aromatic heterocycles. The van der Waals surface area contributed by atoms with Crippen LogP contribution in [0.4, 0.5) is 0 Å². The van der Waals surface area contributed by atoms with E-state index >= 15 is 0 Å². The molecule has 0 aliphatic heterocycles. The summed E-state index contributed by atoms with van der Waals surface area (Å²) in [5.74, 6) is 0.685. The number of nitrogens with one attached hydrogen (secondary N) is 1. The van der Waals surface area contributed by atoms with Crippen molar-refractivity contribution < 1.29 is 4.42 Å². The number of hydrogen-bond acceptors (Lipinski definition) is 3. The molecule has 0 unspecified atom stereocenters. The lowest BCUT2D eigenvalue weighted by molar-refractivity contribution is 0.355. The van der Waals surface area contributed by atoms with Crippen molar-refractivity contribution in [2.24, 2.45) is 0 Å². The molecule has 3 nitrogen and oxygen atoms in total. The van der Waals surface area contributed by atoms with Crippen LogP contribution in [0.25, 0.3) is 0 Å². The average Bonchev–Trinajstić information content (AvgIpc) is 2.36. The van der Waals surface area contributed by atoms with Crippen molar-refractivity contribution in [2.75, 3.05) is 0 Å². The van der Waals surface area contributed by atoms with Crippen molar-refractivity contribution >= 4 is 12.2 Å². The molecule has 1 N–H and O–H groups in total. The minimum Gasteiger partial charge on any atom is -0.414 e. The molecular weight excluding hydrogens is 160 g/mol. The lowest BCUT2D eigenvalue weighted by atomic mass is 9.90. The van der Waals surface area contributed by atoms with Gasteiger partial charge in [-0.2, -0.15) is 0 Å². The summed E-state index contributed by atoms with van der Waals surface area (Å²) in [5, 5.41) is 6.57. The van der Waals surface area contributed by atoms with Crippen molar-refractivity contribution in [3.8, 4) is 0 Å². The Bertz CT molecular complexity index is 287. The maximum absolute atomic E-state index is 5.19. The van der Waals surface area contributed by atoms with E-state index in [9.17, 15) is 0 Å². The Hall–Kier alpha value is -0.640. The van der Waals surface area contributed by atoms with Gasteiger partial charge in [0.15, 0.2) is 0 Å². The SMILES string of the molecule is CCC(C)(C)c1n[nH]c(=S)o1. The van der Waals surface area contributed by atoms with E-state index in [0.29, 0.717) is 10.7 Å². The Morgan fingerprint density at radius 3 is 2.64 bits per heavy atom. The highest BCUT2D eigenvalue weighted by molar-refractivity contribution is 7.71. The number of aromatic amines is 1. The van der Waals surface area contributed by atoms with Gasteiger partial charge in [0.25, 0.3) is 4.84 Å². The number of aromatic nitrogens is 2. The normalized spacial score (nSPS) is 11.9. The zero-order chi connectivity index (χ0) is 8.48. The van der Waals surface area contributed by atoms with Crippen LogP contribution in [0, 0.1) is 4.84 Å². The quantitative estimate of drug-likeness (QED) is 0.696. The van der Waals surface area contributed by atoms with E-state index in [1.54, 1.807) is 0 Å². The van der Waals surface area contributed by atoms with Crippen LogP contribution in [0.5, 0.6) is 0 Å². The highest BCUT2D eigenvalue weighted by Gasteiger charge is 2.23. The molecule has 0 radical (unpaired) electrons. The van der Waals surface area contributed by atoms with Gasteiger partial charge in [0, 0.05) is 5.41 Å². The molecule has 0 fully saturated rings. The van der Waals surface area contributed by atoms with E-state index in [0.717, 1.165) is 6.42 Å². The predicted molar refractivity (Wildman–Crippen MR) is 45.0 cm³/mol. The molecule has 0 amide bonds. The molecule has 0 aliphatic carbocycles. The van der Waals surface area contributed by atoms with Gasteiger partial charge in [-0.05, 0) is 18.6 Å². The van der Waals surface area contributed by atoms with Crippen molar-refractivity contribution in [1.29, 1.82) is 0 Å². The van der Waals surface area contributed by atoms with E-state index in [1.165, 1.54) is 0 Å². The van der Waals surface area contributed by atoms with Gasteiger partial charge in [-0.3, -0.25) is 0 Å². The molecule has 4 heteroatoms. The van der Waals surface area contributed by atoms with E-state index in [1.807, 2.05) is 0 Å². The van der Waals surface area contributed by atoms with E-state index in [-0.39, 0.29) is 5.41 Å². The lowest BCUT2D eigenvalue weighted by Gasteiger charge is -2.16. The first-order chi connectivity index (χ1) is 5.06. The van der Waals surface area contributed by atoms with Gasteiger partial charge >= 0.3 is 0 Å².